The van der Waals surface area contributed by atoms with Crippen LogP contribution in [0.25, 0.3) is 0 Å². The molecule has 2 aromatic carbocycles. The summed E-state index contributed by atoms with van der Waals surface area (Å²) in [5.74, 6) is -0.141. The van der Waals surface area contributed by atoms with E-state index in [2.05, 4.69) is 26.4 Å². The molecule has 0 bridgehead atoms. The van der Waals surface area contributed by atoms with Crippen molar-refractivity contribution < 1.29 is 19.2 Å². The molecule has 0 heterocycles. The van der Waals surface area contributed by atoms with E-state index in [4.69, 9.17) is 15.3 Å². The maximum Gasteiger partial charge on any atom is 0.336 e. The lowest BCUT2D eigenvalue weighted by molar-refractivity contribution is -0.143. The number of oxime groups is 1. The molecule has 0 aliphatic heterocycles. The smallest absolute Gasteiger partial charge is 0.336 e. The van der Waals surface area contributed by atoms with Crippen LogP contribution in [-0.4, -0.2) is 31.4 Å². The van der Waals surface area contributed by atoms with Gasteiger partial charge in [-0.3, -0.25) is 4.79 Å². The highest BCUT2D eigenvalue weighted by Gasteiger charge is 2.10. The number of nitrogens with two attached hydrogens (primary N) is 1. The Balaban J connectivity index is 1.79. The van der Waals surface area contributed by atoms with E-state index in [1.165, 1.54) is 0 Å². The van der Waals surface area contributed by atoms with E-state index >= 15 is 0 Å². The summed E-state index contributed by atoms with van der Waals surface area (Å²) in [5, 5.41) is 6.24. The molecular formula is C18H18BrN3O4. The molecule has 0 aliphatic carbocycles. The highest BCUT2D eigenvalue weighted by atomic mass is 79.9. The van der Waals surface area contributed by atoms with Gasteiger partial charge in [-0.25, -0.2) is 4.79 Å². The molecule has 0 unspecified atom stereocenters. The number of amidine groups is 1. The average Bonchev–Trinajstić information content (AvgIpc) is 2.66. The summed E-state index contributed by atoms with van der Waals surface area (Å²) in [6, 6.07) is 13.8. The third-order valence-electron chi connectivity index (χ3n) is 3.36. The van der Waals surface area contributed by atoms with Gasteiger partial charge in [-0.15, -0.1) is 0 Å². The van der Waals surface area contributed by atoms with Crippen LogP contribution >= 0.6 is 15.9 Å². The van der Waals surface area contributed by atoms with Gasteiger partial charge in [0.2, 0.25) is 0 Å². The van der Waals surface area contributed by atoms with Gasteiger partial charge >= 0.3 is 5.97 Å². The normalized spacial score (nSPS) is 10.9. The van der Waals surface area contributed by atoms with Crippen molar-refractivity contribution in [2.45, 2.75) is 6.42 Å². The Morgan fingerprint density at radius 3 is 2.50 bits per heavy atom. The summed E-state index contributed by atoms with van der Waals surface area (Å²) >= 11 is 3.30. The quantitative estimate of drug-likeness (QED) is 0.310. The molecule has 8 heteroatoms. The van der Waals surface area contributed by atoms with Crippen molar-refractivity contribution in [3.05, 3.63) is 64.1 Å². The van der Waals surface area contributed by atoms with Crippen molar-refractivity contribution in [1.82, 2.24) is 5.32 Å². The molecule has 2 rings (SSSR count). The molecule has 2 aromatic rings. The standard InChI is InChI=1S/C18H18BrN3O4/c1-25-13-8-6-12(7-9-13)17(20)22-26-16(23)10-11-21-18(24)14-4-2-3-5-15(14)19/h2-9H,10-11H2,1H3,(H2,20,22)(H,21,24). The average molecular weight is 420 g/mol. The van der Waals surface area contributed by atoms with E-state index in [9.17, 15) is 9.59 Å². The topological polar surface area (TPSA) is 103 Å². The minimum atomic E-state index is -0.603. The molecule has 0 aromatic heterocycles. The predicted octanol–water partition coefficient (Wildman–Crippen LogP) is 2.44. The van der Waals surface area contributed by atoms with Crippen LogP contribution < -0.4 is 15.8 Å². The Hall–Kier alpha value is -2.87. The summed E-state index contributed by atoms with van der Waals surface area (Å²) in [5.41, 5.74) is 6.85. The van der Waals surface area contributed by atoms with Gasteiger partial charge in [0, 0.05) is 16.6 Å². The molecule has 0 fully saturated rings. The molecule has 1 amide bonds. The van der Waals surface area contributed by atoms with Crippen molar-refractivity contribution in [2.75, 3.05) is 13.7 Å². The third kappa shape index (κ3) is 5.59. The van der Waals surface area contributed by atoms with Gasteiger partial charge in [0.25, 0.3) is 5.91 Å². The van der Waals surface area contributed by atoms with Gasteiger partial charge in [-0.1, -0.05) is 17.3 Å². The SMILES string of the molecule is COc1ccc(/C(N)=N\OC(=O)CCNC(=O)c2ccccc2Br)cc1. The second-order valence-corrected chi connectivity index (χ2v) is 6.01. The Morgan fingerprint density at radius 1 is 1.15 bits per heavy atom. The van der Waals surface area contributed by atoms with E-state index in [-0.39, 0.29) is 24.7 Å². The molecule has 0 saturated carbocycles. The van der Waals surface area contributed by atoms with Crippen molar-refractivity contribution in [3.8, 4) is 5.75 Å². The van der Waals surface area contributed by atoms with Gasteiger partial charge in [0.15, 0.2) is 5.84 Å². The second-order valence-electron chi connectivity index (χ2n) is 5.15. The van der Waals surface area contributed by atoms with E-state index in [1.807, 2.05) is 6.07 Å². The highest BCUT2D eigenvalue weighted by Crippen LogP contribution is 2.15. The maximum absolute atomic E-state index is 12.0. The number of benzene rings is 2. The lowest BCUT2D eigenvalue weighted by Crippen LogP contribution is -2.26. The molecule has 0 atom stereocenters. The molecule has 7 nitrogen and oxygen atoms in total. The first kappa shape index (κ1) is 19.5. The van der Waals surface area contributed by atoms with E-state index < -0.39 is 5.97 Å². The second kappa shape index (κ2) is 9.57. The molecular weight excluding hydrogens is 402 g/mol. The molecule has 26 heavy (non-hydrogen) atoms. The lowest BCUT2D eigenvalue weighted by Gasteiger charge is -2.06. The number of nitrogens with one attached hydrogen (secondary N) is 1. The predicted molar refractivity (Wildman–Crippen MR) is 101 cm³/mol. The zero-order valence-electron chi connectivity index (χ0n) is 14.1. The minimum absolute atomic E-state index is 0.0322. The maximum atomic E-state index is 12.0. The number of carbonyl (C=O) groups excluding carboxylic acids is 2. The van der Waals surface area contributed by atoms with Crippen LogP contribution in [0.1, 0.15) is 22.3 Å². The van der Waals surface area contributed by atoms with Gasteiger partial charge in [0.1, 0.15) is 5.75 Å². The van der Waals surface area contributed by atoms with Crippen molar-refractivity contribution in [1.29, 1.82) is 0 Å². The van der Waals surface area contributed by atoms with Crippen LogP contribution in [0.15, 0.2) is 58.2 Å². The van der Waals surface area contributed by atoms with Gasteiger partial charge in [-0.2, -0.15) is 0 Å². The number of carbonyl (C=O) groups is 2. The number of halogens is 1. The summed E-state index contributed by atoms with van der Waals surface area (Å²) in [4.78, 5) is 28.5. The molecule has 0 saturated heterocycles. The van der Waals surface area contributed by atoms with E-state index in [0.717, 1.165) is 0 Å². The number of hydrogen-bond donors (Lipinski definition) is 2. The fourth-order valence-corrected chi connectivity index (χ4v) is 2.44. The van der Waals surface area contributed by atoms with Crippen LogP contribution in [0.4, 0.5) is 0 Å². The Kier molecular flexibility index (Phi) is 7.16. The molecule has 3 N–H and O–H groups in total. The zero-order chi connectivity index (χ0) is 18.9. The largest absolute Gasteiger partial charge is 0.497 e. The van der Waals surface area contributed by atoms with Gasteiger partial charge in [-0.05, 0) is 52.3 Å². The first-order valence-corrected chi connectivity index (χ1v) is 8.51. The number of rotatable bonds is 7. The zero-order valence-corrected chi connectivity index (χ0v) is 15.7. The molecule has 0 radical (unpaired) electrons. The highest BCUT2D eigenvalue weighted by molar-refractivity contribution is 9.10. The Labute approximate surface area is 159 Å². The summed E-state index contributed by atoms with van der Waals surface area (Å²) in [6.45, 7) is 0.122. The van der Waals surface area contributed by atoms with Crippen LogP contribution in [0.3, 0.4) is 0 Å². The van der Waals surface area contributed by atoms with Crippen LogP contribution in [0.2, 0.25) is 0 Å². The molecule has 0 aliphatic rings. The third-order valence-corrected chi connectivity index (χ3v) is 4.06. The van der Waals surface area contributed by atoms with Crippen molar-refractivity contribution in [3.63, 3.8) is 0 Å². The van der Waals surface area contributed by atoms with Crippen LogP contribution in [0, 0.1) is 0 Å². The first-order chi connectivity index (χ1) is 12.5. The van der Waals surface area contributed by atoms with Gasteiger partial charge in [0.05, 0.1) is 19.1 Å². The number of nitrogens with zero attached hydrogens (tertiary/aromatic N) is 1. The molecule has 0 spiro atoms. The fourth-order valence-electron chi connectivity index (χ4n) is 1.98. The van der Waals surface area contributed by atoms with Crippen LogP contribution in [0.5, 0.6) is 5.75 Å². The minimum Gasteiger partial charge on any atom is -0.497 e. The summed E-state index contributed by atoms with van der Waals surface area (Å²) in [6.07, 6.45) is -0.0322. The van der Waals surface area contributed by atoms with E-state index in [1.54, 1.807) is 49.6 Å². The monoisotopic (exact) mass is 419 g/mol. The molecule has 136 valence electrons. The van der Waals surface area contributed by atoms with Crippen LogP contribution in [-0.2, 0) is 9.63 Å². The Morgan fingerprint density at radius 2 is 1.85 bits per heavy atom. The Bertz CT molecular complexity index is 806. The number of ether oxygens (including phenoxy) is 1. The summed E-state index contributed by atoms with van der Waals surface area (Å²) < 4.78 is 5.72. The number of hydrogen-bond acceptors (Lipinski definition) is 5. The van der Waals surface area contributed by atoms with Gasteiger partial charge < -0.3 is 20.6 Å². The number of amides is 1. The first-order valence-electron chi connectivity index (χ1n) is 7.71. The van der Waals surface area contributed by atoms with E-state index in [0.29, 0.717) is 21.3 Å². The lowest BCUT2D eigenvalue weighted by atomic mass is 10.2. The summed E-state index contributed by atoms with van der Waals surface area (Å²) in [7, 11) is 1.56. The van der Waals surface area contributed by atoms with Crippen molar-refractivity contribution >= 4 is 33.6 Å². The van der Waals surface area contributed by atoms with Crippen molar-refractivity contribution in [2.24, 2.45) is 10.9 Å². The number of methoxy groups -OCH3 is 1. The fraction of sp³-hybridized carbons (Fsp3) is 0.167.